The van der Waals surface area contributed by atoms with Crippen LogP contribution in [0.3, 0.4) is 0 Å². The van der Waals surface area contributed by atoms with Gasteiger partial charge in [0.1, 0.15) is 6.04 Å². The number of likely N-dealkylation sites (N-methyl/N-ethyl adjacent to an activating group) is 1. The maximum absolute atomic E-state index is 14.1. The Morgan fingerprint density at radius 2 is 2.08 bits per heavy atom. The van der Waals surface area contributed by atoms with E-state index in [2.05, 4.69) is 9.97 Å². The minimum atomic E-state index is -4.02. The number of nitrogens with zero attached hydrogens (tertiary/aromatic N) is 4. The number of anilines is 1. The first-order chi connectivity index (χ1) is 17.6. The first-order valence-electron chi connectivity index (χ1n) is 12.1. The summed E-state index contributed by atoms with van der Waals surface area (Å²) in [6.45, 7) is 0.639. The largest absolute Gasteiger partial charge is 0.383 e. The second-order valence-electron chi connectivity index (χ2n) is 9.50. The summed E-state index contributed by atoms with van der Waals surface area (Å²) in [5.74, 6) is -3.10. The van der Waals surface area contributed by atoms with Gasteiger partial charge < -0.3 is 19.5 Å². The molecule has 1 aromatic carbocycles. The molecule has 1 N–H and O–H groups in total. The number of methoxy groups -OCH3 is 1. The quantitative estimate of drug-likeness (QED) is 0.478. The Labute approximate surface area is 214 Å². The fourth-order valence-corrected chi connectivity index (χ4v) is 6.49. The van der Waals surface area contributed by atoms with Crippen molar-refractivity contribution in [3.05, 3.63) is 42.6 Å². The average Bonchev–Trinajstić information content (AvgIpc) is 3.43. The standard InChI is InChI=1S/C25H29F2N5O4S/c1-30(12-13-36-2)24(33)23-7-10-32(23)37(34,35)17-5-6-22(31-11-8-25(26,27)16-31)18(14-17)20-15-21-19(29-20)4-3-9-28-21/h3-6,9,14-15,23,29H,7-8,10-13,16H2,1-2H3/t23-/m0/s1. The van der Waals surface area contributed by atoms with E-state index in [-0.39, 0.29) is 30.3 Å². The first kappa shape index (κ1) is 25.6. The zero-order chi connectivity index (χ0) is 26.4. The summed E-state index contributed by atoms with van der Waals surface area (Å²) in [5, 5.41) is 0. The minimum absolute atomic E-state index is 0.000803. The molecule has 1 amide bonds. The van der Waals surface area contributed by atoms with Crippen molar-refractivity contribution in [1.29, 1.82) is 0 Å². The number of fused-ring (bicyclic) bond motifs is 1. The van der Waals surface area contributed by atoms with Crippen LogP contribution in [0.1, 0.15) is 12.8 Å². The predicted molar refractivity (Wildman–Crippen MR) is 135 cm³/mol. The van der Waals surface area contributed by atoms with E-state index in [0.29, 0.717) is 42.0 Å². The fourth-order valence-electron chi connectivity index (χ4n) is 4.84. The number of hydrogen-bond acceptors (Lipinski definition) is 6. The number of amides is 1. The molecule has 0 radical (unpaired) electrons. The molecular weight excluding hydrogens is 504 g/mol. The van der Waals surface area contributed by atoms with Gasteiger partial charge in [-0.3, -0.25) is 9.78 Å². The Kier molecular flexibility index (Phi) is 6.67. The summed E-state index contributed by atoms with van der Waals surface area (Å²) in [7, 11) is -0.864. The van der Waals surface area contributed by atoms with Gasteiger partial charge in [-0.05, 0) is 42.8 Å². The van der Waals surface area contributed by atoms with Gasteiger partial charge in [0.15, 0.2) is 0 Å². The molecular formula is C25H29F2N5O4S. The molecule has 2 aliphatic rings. The number of rotatable bonds is 8. The monoisotopic (exact) mass is 533 g/mol. The van der Waals surface area contributed by atoms with Crippen molar-refractivity contribution in [2.75, 3.05) is 51.8 Å². The van der Waals surface area contributed by atoms with Crippen molar-refractivity contribution in [2.24, 2.45) is 0 Å². The number of H-pyrrole nitrogens is 1. The topological polar surface area (TPSA) is 98.8 Å². The Hall–Kier alpha value is -3.09. The van der Waals surface area contributed by atoms with E-state index < -0.39 is 28.5 Å². The molecule has 198 valence electrons. The van der Waals surface area contributed by atoms with E-state index in [1.807, 2.05) is 6.07 Å². The summed E-state index contributed by atoms with van der Waals surface area (Å²) in [4.78, 5) is 23.5. The lowest BCUT2D eigenvalue weighted by atomic mass is 10.1. The molecule has 0 unspecified atom stereocenters. The van der Waals surface area contributed by atoms with Crippen molar-refractivity contribution < 1.29 is 26.7 Å². The summed E-state index contributed by atoms with van der Waals surface area (Å²) in [5.41, 5.74) is 2.99. The van der Waals surface area contributed by atoms with Crippen molar-refractivity contribution in [1.82, 2.24) is 19.2 Å². The number of benzene rings is 1. The SMILES string of the molecule is COCCN(C)C(=O)[C@@H]1CCN1S(=O)(=O)c1ccc(N2CCC(F)(F)C2)c(-c2cc3ncccc3[nH]2)c1. The molecule has 0 saturated carbocycles. The summed E-state index contributed by atoms with van der Waals surface area (Å²) in [6, 6.07) is 9.11. The number of halogens is 2. The highest BCUT2D eigenvalue weighted by Gasteiger charge is 2.44. The molecule has 0 aliphatic carbocycles. The number of hydrogen-bond donors (Lipinski definition) is 1. The molecule has 4 heterocycles. The van der Waals surface area contributed by atoms with Crippen molar-refractivity contribution in [2.45, 2.75) is 29.7 Å². The van der Waals surface area contributed by atoms with Gasteiger partial charge >= 0.3 is 0 Å². The average molecular weight is 534 g/mol. The zero-order valence-corrected chi connectivity index (χ0v) is 21.5. The van der Waals surface area contributed by atoms with Gasteiger partial charge in [-0.1, -0.05) is 0 Å². The van der Waals surface area contributed by atoms with Crippen LogP contribution in [-0.2, 0) is 19.6 Å². The second kappa shape index (κ2) is 9.66. The number of alkyl halides is 2. The third-order valence-corrected chi connectivity index (χ3v) is 8.93. The molecule has 2 aliphatic heterocycles. The van der Waals surface area contributed by atoms with Gasteiger partial charge in [-0.2, -0.15) is 4.31 Å². The highest BCUT2D eigenvalue weighted by Crippen LogP contribution is 2.40. The second-order valence-corrected chi connectivity index (χ2v) is 11.4. The minimum Gasteiger partial charge on any atom is -0.383 e. The van der Waals surface area contributed by atoms with Gasteiger partial charge in [0.2, 0.25) is 15.9 Å². The number of aromatic amines is 1. The van der Waals surface area contributed by atoms with Crippen LogP contribution in [0, 0.1) is 0 Å². The van der Waals surface area contributed by atoms with E-state index in [1.54, 1.807) is 36.3 Å². The maximum Gasteiger partial charge on any atom is 0.266 e. The number of carbonyl (C=O) groups excluding carboxylic acids is 1. The van der Waals surface area contributed by atoms with Gasteiger partial charge in [-0.25, -0.2) is 17.2 Å². The van der Waals surface area contributed by atoms with E-state index in [4.69, 9.17) is 4.74 Å². The Morgan fingerprint density at radius 3 is 2.73 bits per heavy atom. The molecule has 1 atom stereocenters. The van der Waals surface area contributed by atoms with Gasteiger partial charge in [-0.15, -0.1) is 0 Å². The molecule has 2 aromatic heterocycles. The third-order valence-electron chi connectivity index (χ3n) is 7.03. The van der Waals surface area contributed by atoms with Crippen molar-refractivity contribution in [3.8, 4) is 11.3 Å². The fraction of sp³-hybridized carbons (Fsp3) is 0.440. The third kappa shape index (κ3) is 4.80. The van der Waals surface area contributed by atoms with E-state index in [9.17, 15) is 22.0 Å². The van der Waals surface area contributed by atoms with Gasteiger partial charge in [0, 0.05) is 57.7 Å². The van der Waals surface area contributed by atoms with Crippen LogP contribution in [0.25, 0.3) is 22.3 Å². The number of ether oxygens (including phenoxy) is 1. The highest BCUT2D eigenvalue weighted by atomic mass is 32.2. The van der Waals surface area contributed by atoms with Gasteiger partial charge in [0.05, 0.1) is 34.8 Å². The smallest absolute Gasteiger partial charge is 0.266 e. The van der Waals surface area contributed by atoms with E-state index >= 15 is 0 Å². The van der Waals surface area contributed by atoms with Crippen molar-refractivity contribution >= 4 is 32.7 Å². The lowest BCUT2D eigenvalue weighted by Gasteiger charge is -2.40. The molecule has 0 bridgehead atoms. The van der Waals surface area contributed by atoms with Crippen molar-refractivity contribution in [3.63, 3.8) is 0 Å². The van der Waals surface area contributed by atoms with Gasteiger partial charge in [0.25, 0.3) is 5.92 Å². The first-order valence-corrected chi connectivity index (χ1v) is 13.5. The Morgan fingerprint density at radius 1 is 1.27 bits per heavy atom. The van der Waals surface area contributed by atoms with E-state index in [0.717, 1.165) is 5.52 Å². The number of sulfonamides is 1. The molecule has 12 heteroatoms. The van der Waals surface area contributed by atoms with Crippen LogP contribution < -0.4 is 4.90 Å². The molecule has 5 rings (SSSR count). The van der Waals surface area contributed by atoms with Crippen LogP contribution in [0.5, 0.6) is 0 Å². The van der Waals surface area contributed by atoms with E-state index in [1.165, 1.54) is 28.4 Å². The Balaban J connectivity index is 1.51. The van der Waals surface area contributed by atoms with Crippen LogP contribution in [0.15, 0.2) is 47.5 Å². The number of nitrogens with one attached hydrogen (secondary N) is 1. The summed E-state index contributed by atoms with van der Waals surface area (Å²) < 4.78 is 61.6. The maximum atomic E-state index is 14.1. The lowest BCUT2D eigenvalue weighted by molar-refractivity contribution is -0.137. The predicted octanol–water partition coefficient (Wildman–Crippen LogP) is 2.94. The van der Waals surface area contributed by atoms with Crippen LogP contribution >= 0.6 is 0 Å². The summed E-state index contributed by atoms with van der Waals surface area (Å²) in [6.07, 6.45) is 1.80. The molecule has 2 fully saturated rings. The highest BCUT2D eigenvalue weighted by molar-refractivity contribution is 7.89. The van der Waals surface area contributed by atoms with Crippen LogP contribution in [0.2, 0.25) is 0 Å². The number of carbonyl (C=O) groups is 1. The molecule has 2 saturated heterocycles. The number of aromatic nitrogens is 2. The normalized spacial score (nSPS) is 19.8. The molecule has 3 aromatic rings. The zero-order valence-electron chi connectivity index (χ0n) is 20.7. The summed E-state index contributed by atoms with van der Waals surface area (Å²) >= 11 is 0. The molecule has 0 spiro atoms. The number of pyridine rings is 1. The molecule has 37 heavy (non-hydrogen) atoms. The lowest BCUT2D eigenvalue weighted by Crippen LogP contribution is -2.58. The Bertz CT molecular complexity index is 1390. The van der Waals surface area contributed by atoms with Crippen LogP contribution in [0.4, 0.5) is 14.5 Å². The molecule has 9 nitrogen and oxygen atoms in total. The van der Waals surface area contributed by atoms with Crippen LogP contribution in [-0.4, -0.2) is 92.4 Å².